The molecular weight excluding hydrogens is 654 g/mol. The lowest BCUT2D eigenvalue weighted by molar-refractivity contribution is 0.0774. The van der Waals surface area contributed by atoms with E-state index in [1.165, 1.54) is 6.07 Å². The standard InChI is InChI=1S/C38H44F2N8O3/c1-3-26-29(40)7-6-23-16-25(49)17-31(33(23)26)45-15-9-27-30(20-45)41-37(51-22-38-10-4-12-47(38)19-24(39)18-38)42-35(27)46-11-5-13-48-32(21-46)28-8-14-44(2)36(50)34(28)43-48/h6-7,16-17,24,49H,3-5,8-15,18-22H2,1-2H3/t24-,38+/m1/s1. The highest BCUT2D eigenvalue weighted by atomic mass is 19.1. The SMILES string of the molecule is CCc1c(F)ccc2cc(O)cc(N3CCc4c(nc(OC[C@@]56CCCN5C[C@H](F)C6)nc4N4CCCn5nc6c(c5C4)CCN(C)C6=O)C3)c12. The monoisotopic (exact) mass is 698 g/mol. The highest BCUT2D eigenvalue weighted by Crippen LogP contribution is 2.42. The van der Waals surface area contributed by atoms with Crippen LogP contribution in [0.15, 0.2) is 24.3 Å². The van der Waals surface area contributed by atoms with Crippen LogP contribution in [-0.4, -0.2) is 98.7 Å². The second kappa shape index (κ2) is 12.3. The number of phenolic OH excluding ortho intramolecular Hbond substituents is 1. The number of halogens is 2. The molecule has 51 heavy (non-hydrogen) atoms. The molecule has 0 spiro atoms. The average molecular weight is 699 g/mol. The zero-order valence-corrected chi connectivity index (χ0v) is 29.3. The van der Waals surface area contributed by atoms with E-state index in [9.17, 15) is 14.3 Å². The first-order chi connectivity index (χ1) is 24.7. The predicted molar refractivity (Wildman–Crippen MR) is 189 cm³/mol. The number of anilines is 2. The van der Waals surface area contributed by atoms with Crippen molar-refractivity contribution in [2.75, 3.05) is 56.2 Å². The molecule has 1 amide bonds. The number of amides is 1. The molecule has 0 bridgehead atoms. The zero-order chi connectivity index (χ0) is 35.0. The number of aromatic nitrogens is 4. The van der Waals surface area contributed by atoms with Gasteiger partial charge in [0.05, 0.1) is 30.0 Å². The fraction of sp³-hybridized carbons (Fsp3) is 0.526. The van der Waals surface area contributed by atoms with Gasteiger partial charge in [0.15, 0.2) is 5.69 Å². The number of benzene rings is 2. The summed E-state index contributed by atoms with van der Waals surface area (Å²) in [5, 5.41) is 17.1. The van der Waals surface area contributed by atoms with Gasteiger partial charge in [-0.2, -0.15) is 15.1 Å². The Balaban J connectivity index is 1.11. The van der Waals surface area contributed by atoms with Crippen molar-refractivity contribution in [3.05, 3.63) is 63.9 Å². The topological polar surface area (TPSA) is 103 Å². The summed E-state index contributed by atoms with van der Waals surface area (Å²) >= 11 is 0. The normalized spacial score (nSPS) is 23.3. The summed E-state index contributed by atoms with van der Waals surface area (Å²) in [5.74, 6) is 0.649. The van der Waals surface area contributed by atoms with Crippen LogP contribution in [0.3, 0.4) is 0 Å². The Morgan fingerprint density at radius 3 is 2.75 bits per heavy atom. The first-order valence-electron chi connectivity index (χ1n) is 18.4. The summed E-state index contributed by atoms with van der Waals surface area (Å²) in [6, 6.07) is 6.88. The molecule has 0 unspecified atom stereocenters. The predicted octanol–water partition coefficient (Wildman–Crippen LogP) is 4.79. The van der Waals surface area contributed by atoms with E-state index in [0.717, 1.165) is 83.6 Å². The van der Waals surface area contributed by atoms with Gasteiger partial charge in [-0.25, -0.2) is 8.78 Å². The van der Waals surface area contributed by atoms with Crippen LogP contribution in [-0.2, 0) is 38.9 Å². The van der Waals surface area contributed by atoms with Gasteiger partial charge in [-0.1, -0.05) is 13.0 Å². The number of likely N-dealkylation sites (N-methyl/N-ethyl adjacent to an activating group) is 1. The minimum absolute atomic E-state index is 0.0353. The van der Waals surface area contributed by atoms with Crippen molar-refractivity contribution in [2.45, 2.75) is 83.2 Å². The van der Waals surface area contributed by atoms with E-state index < -0.39 is 6.17 Å². The lowest BCUT2D eigenvalue weighted by Gasteiger charge is -2.35. The van der Waals surface area contributed by atoms with Gasteiger partial charge < -0.3 is 24.5 Å². The molecule has 11 nitrogen and oxygen atoms in total. The Kier molecular flexibility index (Phi) is 7.82. The fourth-order valence-corrected chi connectivity index (χ4v) is 9.38. The molecule has 2 atom stereocenters. The van der Waals surface area contributed by atoms with Crippen LogP contribution in [0.25, 0.3) is 10.8 Å². The van der Waals surface area contributed by atoms with Gasteiger partial charge in [0.1, 0.15) is 30.2 Å². The van der Waals surface area contributed by atoms with Crippen LogP contribution in [0, 0.1) is 5.82 Å². The third-order valence-electron chi connectivity index (χ3n) is 11.9. The van der Waals surface area contributed by atoms with Gasteiger partial charge >= 0.3 is 6.01 Å². The number of phenols is 1. The van der Waals surface area contributed by atoms with Crippen molar-refractivity contribution in [3.8, 4) is 11.8 Å². The van der Waals surface area contributed by atoms with Gasteiger partial charge in [0.25, 0.3) is 5.91 Å². The van der Waals surface area contributed by atoms with Crippen molar-refractivity contribution < 1.29 is 23.4 Å². The Bertz CT molecular complexity index is 2050. The van der Waals surface area contributed by atoms with Crippen molar-refractivity contribution in [2.24, 2.45) is 0 Å². The number of aromatic hydroxyl groups is 1. The smallest absolute Gasteiger partial charge is 0.318 e. The number of hydrogen-bond acceptors (Lipinski definition) is 9. The minimum Gasteiger partial charge on any atom is -0.508 e. The zero-order valence-electron chi connectivity index (χ0n) is 29.3. The lowest BCUT2D eigenvalue weighted by Crippen LogP contribution is -2.43. The van der Waals surface area contributed by atoms with Gasteiger partial charge in [-0.15, -0.1) is 0 Å². The number of rotatable bonds is 6. The molecule has 13 heteroatoms. The van der Waals surface area contributed by atoms with Crippen molar-refractivity contribution in [3.63, 3.8) is 0 Å². The number of aryl methyl sites for hydroxylation is 2. The molecule has 2 aromatic heterocycles. The highest BCUT2D eigenvalue weighted by Gasteiger charge is 2.49. The highest BCUT2D eigenvalue weighted by molar-refractivity contribution is 5.98. The Morgan fingerprint density at radius 1 is 1.02 bits per heavy atom. The number of alkyl halides is 1. The van der Waals surface area contributed by atoms with Crippen molar-refractivity contribution in [1.82, 2.24) is 29.5 Å². The maximum Gasteiger partial charge on any atom is 0.318 e. The fourth-order valence-electron chi connectivity index (χ4n) is 9.38. The quantitative estimate of drug-likeness (QED) is 0.305. The van der Waals surface area contributed by atoms with E-state index in [-0.39, 0.29) is 29.0 Å². The molecule has 5 aliphatic rings. The van der Waals surface area contributed by atoms with Gasteiger partial charge in [0, 0.05) is 74.5 Å². The summed E-state index contributed by atoms with van der Waals surface area (Å²) < 4.78 is 38.3. The van der Waals surface area contributed by atoms with Gasteiger partial charge in [-0.05, 0) is 68.2 Å². The molecule has 2 fully saturated rings. The summed E-state index contributed by atoms with van der Waals surface area (Å²) in [4.78, 5) is 31.6. The van der Waals surface area contributed by atoms with E-state index in [4.69, 9.17) is 19.8 Å². The number of carbonyl (C=O) groups excluding carboxylic acids is 1. The summed E-state index contributed by atoms with van der Waals surface area (Å²) in [5.41, 5.74) is 5.53. The van der Waals surface area contributed by atoms with E-state index in [1.807, 2.05) is 18.7 Å². The summed E-state index contributed by atoms with van der Waals surface area (Å²) in [6.45, 7) is 7.31. The van der Waals surface area contributed by atoms with E-state index >= 15 is 4.39 Å². The molecule has 4 aromatic rings. The number of nitrogens with zero attached hydrogens (tertiary/aromatic N) is 8. The van der Waals surface area contributed by atoms with Crippen LogP contribution in [0.5, 0.6) is 11.8 Å². The molecule has 2 aromatic carbocycles. The summed E-state index contributed by atoms with van der Waals surface area (Å²) in [6.07, 6.45) is 4.24. The van der Waals surface area contributed by atoms with Gasteiger partial charge in [-0.3, -0.25) is 14.4 Å². The van der Waals surface area contributed by atoms with Crippen molar-refractivity contribution >= 4 is 28.2 Å². The third kappa shape index (κ3) is 5.37. The molecule has 2 saturated heterocycles. The largest absolute Gasteiger partial charge is 0.508 e. The first-order valence-corrected chi connectivity index (χ1v) is 18.4. The van der Waals surface area contributed by atoms with Crippen LogP contribution >= 0.6 is 0 Å². The summed E-state index contributed by atoms with van der Waals surface area (Å²) in [7, 11) is 1.82. The minimum atomic E-state index is -0.864. The molecule has 0 saturated carbocycles. The Labute approximate surface area is 295 Å². The molecule has 268 valence electrons. The van der Waals surface area contributed by atoms with Crippen LogP contribution in [0.1, 0.15) is 71.2 Å². The number of ether oxygens (including phenoxy) is 1. The third-order valence-corrected chi connectivity index (χ3v) is 11.9. The Morgan fingerprint density at radius 2 is 1.88 bits per heavy atom. The molecular formula is C38H44F2N8O3. The number of carbonyl (C=O) groups is 1. The average Bonchev–Trinajstić information content (AvgIpc) is 3.72. The van der Waals surface area contributed by atoms with Gasteiger partial charge in [0.2, 0.25) is 0 Å². The molecule has 7 heterocycles. The van der Waals surface area contributed by atoms with Crippen molar-refractivity contribution in [1.29, 1.82) is 0 Å². The lowest BCUT2D eigenvalue weighted by atomic mass is 9.95. The molecule has 9 rings (SSSR count). The van der Waals surface area contributed by atoms with E-state index in [0.29, 0.717) is 76.4 Å². The number of hydrogen-bond donors (Lipinski definition) is 1. The molecule has 0 aliphatic carbocycles. The van der Waals surface area contributed by atoms with Crippen LogP contribution < -0.4 is 14.5 Å². The molecule has 1 N–H and O–H groups in total. The second-order valence-electron chi connectivity index (χ2n) is 15.0. The maximum atomic E-state index is 15.1. The number of fused-ring (bicyclic) bond motifs is 6. The van der Waals surface area contributed by atoms with E-state index in [1.54, 1.807) is 23.1 Å². The molecule has 0 radical (unpaired) electrons. The van der Waals surface area contributed by atoms with Crippen LogP contribution in [0.4, 0.5) is 20.3 Å². The second-order valence-corrected chi connectivity index (χ2v) is 15.0. The maximum absolute atomic E-state index is 15.1. The van der Waals surface area contributed by atoms with E-state index in [2.05, 4.69) is 14.7 Å². The molecule has 5 aliphatic heterocycles. The first kappa shape index (κ1) is 32.4. The van der Waals surface area contributed by atoms with Crippen LogP contribution in [0.2, 0.25) is 0 Å². The Hall–Kier alpha value is -4.52.